The van der Waals surface area contributed by atoms with Crippen molar-refractivity contribution in [3.63, 3.8) is 0 Å². The third-order valence-electron chi connectivity index (χ3n) is 1.76. The monoisotopic (exact) mass is 136 g/mol. The van der Waals surface area contributed by atoms with E-state index >= 15 is 0 Å². The van der Waals surface area contributed by atoms with E-state index in [1.807, 2.05) is 0 Å². The van der Waals surface area contributed by atoms with Gasteiger partial charge in [0.15, 0.2) is 0 Å². The van der Waals surface area contributed by atoms with Crippen LogP contribution in [-0.4, -0.2) is 18.1 Å². The van der Waals surface area contributed by atoms with Crippen LogP contribution in [0.2, 0.25) is 0 Å². The first-order chi connectivity index (χ1) is 4.25. The predicted octanol–water partition coefficient (Wildman–Crippen LogP) is 1.27. The molecule has 0 aromatic carbocycles. The third kappa shape index (κ3) is 1.61. The van der Waals surface area contributed by atoms with E-state index in [0.29, 0.717) is 0 Å². The molecule has 9 heavy (non-hydrogen) atoms. The maximum atomic E-state index is 11.8. The molecule has 1 nitrogen and oxygen atoms in total. The molecule has 1 fully saturated rings. The van der Waals surface area contributed by atoms with Crippen molar-refractivity contribution in [2.24, 2.45) is 11.8 Å². The van der Waals surface area contributed by atoms with Gasteiger partial charge in [0, 0.05) is 5.92 Å². The molecule has 1 N–H and O–H groups in total. The van der Waals surface area contributed by atoms with Crippen LogP contribution < -0.4 is 0 Å². The highest BCUT2D eigenvalue weighted by atomic mass is 19.3. The van der Waals surface area contributed by atoms with Crippen molar-refractivity contribution >= 4 is 0 Å². The average molecular weight is 136 g/mol. The Labute approximate surface area is 52.7 Å². The molecule has 0 aromatic heterocycles. The molecule has 1 aliphatic carbocycles. The fraction of sp³-hybridized carbons (Fsp3) is 1.00. The molecule has 1 aliphatic rings. The van der Waals surface area contributed by atoms with E-state index in [1.54, 1.807) is 0 Å². The molecule has 0 spiro atoms. The average Bonchev–Trinajstić information content (AvgIpc) is 2.50. The molecule has 0 bridgehead atoms. The molecule has 0 amide bonds. The third-order valence-corrected chi connectivity index (χ3v) is 1.76. The predicted molar refractivity (Wildman–Crippen MR) is 29.3 cm³/mol. The Bertz CT molecular complexity index is 89.1. The summed E-state index contributed by atoms with van der Waals surface area (Å²) in [7, 11) is 0. The minimum atomic E-state index is -2.33. The van der Waals surface area contributed by atoms with Gasteiger partial charge in [-0.15, -0.1) is 0 Å². The van der Waals surface area contributed by atoms with Gasteiger partial charge in [0.05, 0.1) is 6.61 Å². The van der Waals surface area contributed by atoms with Crippen molar-refractivity contribution in [3.8, 4) is 0 Å². The van der Waals surface area contributed by atoms with Gasteiger partial charge in [-0.2, -0.15) is 0 Å². The largest absolute Gasteiger partial charge is 0.396 e. The number of hydrogen-bond acceptors (Lipinski definition) is 1. The van der Waals surface area contributed by atoms with Crippen LogP contribution in [0, 0.1) is 11.8 Å². The van der Waals surface area contributed by atoms with Crippen molar-refractivity contribution < 1.29 is 13.9 Å². The SMILES string of the molecule is OCC(C(F)F)C1CC1. The normalized spacial score (nSPS) is 22.7. The minimum absolute atomic E-state index is 0.106. The van der Waals surface area contributed by atoms with Gasteiger partial charge in [0.2, 0.25) is 6.43 Å². The van der Waals surface area contributed by atoms with Crippen LogP contribution >= 0.6 is 0 Å². The van der Waals surface area contributed by atoms with Crippen LogP contribution in [0.1, 0.15) is 12.8 Å². The molecule has 1 rings (SSSR count). The van der Waals surface area contributed by atoms with Crippen LogP contribution in [0.4, 0.5) is 8.78 Å². The van der Waals surface area contributed by atoms with E-state index in [0.717, 1.165) is 12.8 Å². The Balaban J connectivity index is 2.28. The number of rotatable bonds is 3. The molecule has 0 aromatic rings. The molecule has 0 heterocycles. The fourth-order valence-electron chi connectivity index (χ4n) is 0.959. The van der Waals surface area contributed by atoms with Crippen molar-refractivity contribution in [3.05, 3.63) is 0 Å². The van der Waals surface area contributed by atoms with Crippen molar-refractivity contribution in [1.29, 1.82) is 0 Å². The summed E-state index contributed by atoms with van der Waals surface area (Å²) < 4.78 is 23.7. The molecule has 1 atom stereocenters. The Morgan fingerprint density at radius 2 is 2.00 bits per heavy atom. The Hall–Kier alpha value is -0.180. The molecule has 0 aliphatic heterocycles. The summed E-state index contributed by atoms with van der Waals surface area (Å²) in [6, 6.07) is 0. The molecular weight excluding hydrogens is 126 g/mol. The van der Waals surface area contributed by atoms with Gasteiger partial charge in [-0.3, -0.25) is 0 Å². The highest BCUT2D eigenvalue weighted by molar-refractivity contribution is 4.81. The summed E-state index contributed by atoms with van der Waals surface area (Å²) in [4.78, 5) is 0. The van der Waals surface area contributed by atoms with Crippen LogP contribution in [0.5, 0.6) is 0 Å². The van der Waals surface area contributed by atoms with E-state index in [4.69, 9.17) is 5.11 Å². The van der Waals surface area contributed by atoms with E-state index in [-0.39, 0.29) is 12.5 Å². The molecule has 0 radical (unpaired) electrons. The van der Waals surface area contributed by atoms with E-state index in [9.17, 15) is 8.78 Å². The molecule has 1 saturated carbocycles. The van der Waals surface area contributed by atoms with Gasteiger partial charge in [0.1, 0.15) is 0 Å². The van der Waals surface area contributed by atoms with E-state index in [1.165, 1.54) is 0 Å². The molecule has 3 heteroatoms. The van der Waals surface area contributed by atoms with Gasteiger partial charge in [-0.05, 0) is 18.8 Å². The number of halogens is 2. The van der Waals surface area contributed by atoms with Gasteiger partial charge in [-0.25, -0.2) is 8.78 Å². The second-order valence-electron chi connectivity index (χ2n) is 2.52. The topological polar surface area (TPSA) is 20.2 Å². The maximum absolute atomic E-state index is 11.8. The first-order valence-electron chi connectivity index (χ1n) is 3.14. The molecule has 0 saturated heterocycles. The van der Waals surface area contributed by atoms with Gasteiger partial charge in [-0.1, -0.05) is 0 Å². The first-order valence-corrected chi connectivity index (χ1v) is 3.14. The fourth-order valence-corrected chi connectivity index (χ4v) is 0.959. The lowest BCUT2D eigenvalue weighted by molar-refractivity contribution is 0.0298. The lowest BCUT2D eigenvalue weighted by atomic mass is 10.1. The Morgan fingerprint density at radius 1 is 1.44 bits per heavy atom. The van der Waals surface area contributed by atoms with Gasteiger partial charge in [0.25, 0.3) is 0 Å². The number of aliphatic hydroxyl groups is 1. The second kappa shape index (κ2) is 2.60. The zero-order valence-corrected chi connectivity index (χ0v) is 5.06. The zero-order valence-electron chi connectivity index (χ0n) is 5.06. The lowest BCUT2D eigenvalue weighted by Gasteiger charge is -2.09. The maximum Gasteiger partial charge on any atom is 0.243 e. The van der Waals surface area contributed by atoms with E-state index in [2.05, 4.69) is 0 Å². The van der Waals surface area contributed by atoms with Gasteiger partial charge >= 0.3 is 0 Å². The quantitative estimate of drug-likeness (QED) is 0.619. The van der Waals surface area contributed by atoms with E-state index < -0.39 is 12.3 Å². The zero-order chi connectivity index (χ0) is 6.85. The number of aliphatic hydroxyl groups excluding tert-OH is 1. The summed E-state index contributed by atoms with van der Waals surface area (Å²) in [6.07, 6.45) is -0.590. The summed E-state index contributed by atoms with van der Waals surface area (Å²) in [5.74, 6) is -0.639. The number of hydrogen-bond donors (Lipinski definition) is 1. The standard InChI is InChI=1S/C6H10F2O/c7-6(8)5(3-9)4-1-2-4/h4-6,9H,1-3H2. The van der Waals surface area contributed by atoms with Crippen LogP contribution in [0.25, 0.3) is 0 Å². The number of alkyl halides is 2. The molecular formula is C6H10F2O. The summed E-state index contributed by atoms with van der Waals surface area (Å²) in [6.45, 7) is -0.359. The van der Waals surface area contributed by atoms with Crippen LogP contribution in [-0.2, 0) is 0 Å². The second-order valence-corrected chi connectivity index (χ2v) is 2.52. The molecule has 54 valence electrons. The summed E-state index contributed by atoms with van der Waals surface area (Å²) in [5, 5.41) is 8.43. The lowest BCUT2D eigenvalue weighted by Crippen LogP contribution is -2.17. The highest BCUT2D eigenvalue weighted by Gasteiger charge is 2.36. The van der Waals surface area contributed by atoms with Crippen molar-refractivity contribution in [1.82, 2.24) is 0 Å². The highest BCUT2D eigenvalue weighted by Crippen LogP contribution is 2.39. The van der Waals surface area contributed by atoms with Gasteiger partial charge < -0.3 is 5.11 Å². The minimum Gasteiger partial charge on any atom is -0.396 e. The summed E-state index contributed by atoms with van der Waals surface area (Å²) >= 11 is 0. The smallest absolute Gasteiger partial charge is 0.243 e. The van der Waals surface area contributed by atoms with Crippen molar-refractivity contribution in [2.75, 3.05) is 6.61 Å². The van der Waals surface area contributed by atoms with Crippen LogP contribution in [0.3, 0.4) is 0 Å². The van der Waals surface area contributed by atoms with Crippen LogP contribution in [0.15, 0.2) is 0 Å². The Morgan fingerprint density at radius 3 is 2.11 bits per heavy atom. The summed E-state index contributed by atoms with van der Waals surface area (Å²) in [5.41, 5.74) is 0. The molecule has 1 unspecified atom stereocenters. The first kappa shape index (κ1) is 6.93. The van der Waals surface area contributed by atoms with Crippen molar-refractivity contribution in [2.45, 2.75) is 19.3 Å². The Kier molecular flexibility index (Phi) is 2.01.